The molecular formula is C17H20N4O4. The minimum Gasteiger partial charge on any atom is -0.498 e. The van der Waals surface area contributed by atoms with Crippen molar-refractivity contribution in [2.75, 3.05) is 6.54 Å². The van der Waals surface area contributed by atoms with Crippen LogP contribution in [0.4, 0.5) is 10.5 Å². The topological polar surface area (TPSA) is 112 Å². The highest BCUT2D eigenvalue weighted by atomic mass is 16.6. The van der Waals surface area contributed by atoms with Gasteiger partial charge in [-0.25, -0.2) is 4.98 Å². The largest absolute Gasteiger partial charge is 0.498 e. The molecular weight excluding hydrogens is 324 g/mol. The van der Waals surface area contributed by atoms with Gasteiger partial charge >= 0.3 is 0 Å². The number of aromatic amines is 1. The number of carbonyl (C=O) groups excluding carboxylic acids is 1. The Labute approximate surface area is 144 Å². The minimum atomic E-state index is -1.13. The number of nitro groups is 1. The van der Waals surface area contributed by atoms with Crippen molar-refractivity contribution in [1.29, 1.82) is 0 Å². The molecule has 132 valence electrons. The molecule has 0 saturated heterocycles. The number of benzene rings is 1. The van der Waals surface area contributed by atoms with E-state index in [-0.39, 0.29) is 22.8 Å². The Kier molecular flexibility index (Phi) is 4.54. The number of amides is 1. The van der Waals surface area contributed by atoms with E-state index in [1.807, 2.05) is 6.92 Å². The second-order valence-electron chi connectivity index (χ2n) is 6.43. The smallest absolute Gasteiger partial charge is 0.269 e. The Morgan fingerprint density at radius 3 is 2.72 bits per heavy atom. The number of hydrogen-bond acceptors (Lipinski definition) is 5. The predicted molar refractivity (Wildman–Crippen MR) is 87.3 cm³/mol. The van der Waals surface area contributed by atoms with Gasteiger partial charge in [0.25, 0.3) is 11.8 Å². The number of nitrogens with one attached hydrogen (secondary N) is 1. The van der Waals surface area contributed by atoms with E-state index in [4.69, 9.17) is 0 Å². The van der Waals surface area contributed by atoms with Gasteiger partial charge in [0, 0.05) is 36.2 Å². The van der Waals surface area contributed by atoms with Gasteiger partial charge < -0.3 is 14.9 Å². The first kappa shape index (κ1) is 17.1. The van der Waals surface area contributed by atoms with Crippen molar-refractivity contribution in [1.82, 2.24) is 9.97 Å². The summed E-state index contributed by atoms with van der Waals surface area (Å²) in [4.78, 5) is 30.0. The normalized spacial score (nSPS) is 22.4. The highest BCUT2D eigenvalue weighted by Crippen LogP contribution is 2.39. The number of rotatable bonds is 5. The molecule has 1 N–H and O–H groups in total. The Balaban J connectivity index is 1.98. The third kappa shape index (κ3) is 3.00. The number of nitrogens with zero attached hydrogens (tertiary/aromatic N) is 3. The number of fused-ring (bicyclic) bond motifs is 1. The van der Waals surface area contributed by atoms with Crippen LogP contribution in [0.5, 0.6) is 0 Å². The average molecular weight is 344 g/mol. The van der Waals surface area contributed by atoms with E-state index in [0.717, 1.165) is 23.4 Å². The molecule has 3 rings (SSSR count). The van der Waals surface area contributed by atoms with Gasteiger partial charge in [0.05, 0.1) is 17.8 Å². The number of nitro benzene ring substituents is 1. The van der Waals surface area contributed by atoms with E-state index < -0.39 is 11.0 Å². The fourth-order valence-corrected chi connectivity index (χ4v) is 3.70. The lowest BCUT2D eigenvalue weighted by Crippen LogP contribution is -2.62. The molecule has 0 fully saturated rings. The number of quaternary nitrogens is 1. The molecule has 2 heterocycles. The Hall–Kier alpha value is -2.74. The molecule has 0 radical (unpaired) electrons. The maximum Gasteiger partial charge on any atom is 0.269 e. The summed E-state index contributed by atoms with van der Waals surface area (Å²) in [5.74, 6) is 0. The summed E-state index contributed by atoms with van der Waals surface area (Å²) in [5, 5.41) is 23.0. The van der Waals surface area contributed by atoms with Crippen molar-refractivity contribution >= 4 is 11.8 Å². The number of carbonyl (C=O) groups is 1. The number of aromatic nitrogens is 2. The molecule has 0 aliphatic carbocycles. The first-order valence-corrected chi connectivity index (χ1v) is 8.31. The third-order valence-corrected chi connectivity index (χ3v) is 4.96. The fourth-order valence-electron chi connectivity index (χ4n) is 3.70. The second kappa shape index (κ2) is 6.64. The maximum absolute atomic E-state index is 12.2. The van der Waals surface area contributed by atoms with Gasteiger partial charge in [0.1, 0.15) is 18.3 Å². The molecule has 0 spiro atoms. The van der Waals surface area contributed by atoms with E-state index >= 15 is 0 Å². The van der Waals surface area contributed by atoms with Crippen LogP contribution < -0.4 is 5.11 Å². The zero-order valence-electron chi connectivity index (χ0n) is 14.0. The third-order valence-electron chi connectivity index (χ3n) is 4.96. The summed E-state index contributed by atoms with van der Waals surface area (Å²) in [7, 11) is 0. The predicted octanol–water partition coefficient (Wildman–Crippen LogP) is 2.08. The fraction of sp³-hybridized carbons (Fsp3) is 0.412. The number of non-ortho nitro benzene ring substituents is 1. The molecule has 1 aliphatic heterocycles. The summed E-state index contributed by atoms with van der Waals surface area (Å²) in [5.41, 5.74) is 2.49. The van der Waals surface area contributed by atoms with Crippen LogP contribution in [0.1, 0.15) is 42.8 Å². The van der Waals surface area contributed by atoms with Gasteiger partial charge in [-0.05, 0) is 12.1 Å². The zero-order valence-corrected chi connectivity index (χ0v) is 14.0. The number of H-pyrrole nitrogens is 1. The van der Waals surface area contributed by atoms with E-state index in [1.165, 1.54) is 12.1 Å². The highest BCUT2D eigenvalue weighted by Gasteiger charge is 2.45. The maximum atomic E-state index is 12.2. The molecule has 8 nitrogen and oxygen atoms in total. The molecule has 1 aromatic heterocycles. The molecule has 0 bridgehead atoms. The van der Waals surface area contributed by atoms with Gasteiger partial charge in [-0.3, -0.25) is 14.6 Å². The molecule has 25 heavy (non-hydrogen) atoms. The number of hydrogen-bond donors (Lipinski definition) is 1. The van der Waals surface area contributed by atoms with Crippen LogP contribution >= 0.6 is 0 Å². The summed E-state index contributed by atoms with van der Waals surface area (Å²) in [6.45, 7) is 2.63. The van der Waals surface area contributed by atoms with E-state index in [2.05, 4.69) is 9.97 Å². The SMILES string of the molecule is CCCC1c2nc[nH]c2CC[N+]1(Cc1ccc([N+](=O)[O-])cc1)C(=O)[O-]. The summed E-state index contributed by atoms with van der Waals surface area (Å²) >= 11 is 0. The van der Waals surface area contributed by atoms with Crippen molar-refractivity contribution in [2.24, 2.45) is 0 Å². The van der Waals surface area contributed by atoms with E-state index in [0.29, 0.717) is 19.4 Å². The summed E-state index contributed by atoms with van der Waals surface area (Å²) < 4.78 is -0.233. The van der Waals surface area contributed by atoms with Crippen molar-refractivity contribution in [3.63, 3.8) is 0 Å². The lowest BCUT2D eigenvalue weighted by molar-refractivity contribution is -0.920. The van der Waals surface area contributed by atoms with Crippen LogP contribution in [0.15, 0.2) is 30.6 Å². The molecule has 8 heteroatoms. The van der Waals surface area contributed by atoms with Gasteiger partial charge in [-0.15, -0.1) is 0 Å². The van der Waals surface area contributed by atoms with Crippen LogP contribution in [0.2, 0.25) is 0 Å². The van der Waals surface area contributed by atoms with Crippen LogP contribution in [0.25, 0.3) is 0 Å². The lowest BCUT2D eigenvalue weighted by Gasteiger charge is -2.46. The molecule has 1 aliphatic rings. The van der Waals surface area contributed by atoms with Crippen molar-refractivity contribution < 1.29 is 19.3 Å². The van der Waals surface area contributed by atoms with Crippen LogP contribution in [0.3, 0.4) is 0 Å². The Bertz CT molecular complexity index is 786. The molecule has 1 amide bonds. The molecule has 2 unspecified atom stereocenters. The van der Waals surface area contributed by atoms with Crippen molar-refractivity contribution in [3.05, 3.63) is 57.7 Å². The summed E-state index contributed by atoms with van der Waals surface area (Å²) in [6, 6.07) is 5.74. The second-order valence-corrected chi connectivity index (χ2v) is 6.43. The number of carboxylic acid groups (broad SMARTS) is 1. The zero-order chi connectivity index (χ0) is 18.0. The van der Waals surface area contributed by atoms with E-state index in [1.54, 1.807) is 18.5 Å². The molecule has 1 aromatic carbocycles. The van der Waals surface area contributed by atoms with Crippen molar-refractivity contribution in [3.8, 4) is 0 Å². The van der Waals surface area contributed by atoms with Crippen LogP contribution in [-0.2, 0) is 13.0 Å². The standard InChI is InChI=1S/C17H20N4O4/c1-2-3-15-16-14(18-11-19-16)8-9-21(15,17(22)23)10-12-4-6-13(7-5-12)20(24)25/h4-7,11,15H,2-3,8-10H2,1H3,(H-,18,19,22,23). The first-order chi connectivity index (χ1) is 12.0. The van der Waals surface area contributed by atoms with Gasteiger partial charge in [-0.2, -0.15) is 0 Å². The van der Waals surface area contributed by atoms with Crippen molar-refractivity contribution in [2.45, 2.75) is 38.8 Å². The molecule has 0 saturated carbocycles. The monoisotopic (exact) mass is 344 g/mol. The van der Waals surface area contributed by atoms with Gasteiger partial charge in [0.2, 0.25) is 0 Å². The highest BCUT2D eigenvalue weighted by molar-refractivity contribution is 5.55. The Morgan fingerprint density at radius 1 is 1.40 bits per heavy atom. The van der Waals surface area contributed by atoms with Crippen LogP contribution in [-0.4, -0.2) is 32.0 Å². The average Bonchev–Trinajstić information content (AvgIpc) is 3.06. The van der Waals surface area contributed by atoms with E-state index in [9.17, 15) is 20.0 Å². The molecule has 2 aromatic rings. The van der Waals surface area contributed by atoms with Gasteiger partial charge in [0.15, 0.2) is 0 Å². The lowest BCUT2D eigenvalue weighted by atomic mass is 9.94. The minimum absolute atomic E-state index is 0.0120. The Morgan fingerprint density at radius 2 is 2.12 bits per heavy atom. The van der Waals surface area contributed by atoms with Crippen LogP contribution in [0, 0.1) is 10.1 Å². The quantitative estimate of drug-likeness (QED) is 0.507. The first-order valence-electron chi connectivity index (χ1n) is 8.31. The number of imidazole rings is 1. The molecule has 2 atom stereocenters. The van der Waals surface area contributed by atoms with Gasteiger partial charge in [-0.1, -0.05) is 13.3 Å². The summed E-state index contributed by atoms with van der Waals surface area (Å²) in [6.07, 6.45) is 2.55.